The average Bonchev–Trinajstić information content (AvgIpc) is 2.66. The van der Waals surface area contributed by atoms with Crippen molar-refractivity contribution in [2.24, 2.45) is 0 Å². The van der Waals surface area contributed by atoms with Crippen LogP contribution in [0.1, 0.15) is 26.3 Å². The molecule has 168 valence electrons. The summed E-state index contributed by atoms with van der Waals surface area (Å²) in [5, 5.41) is 5.08. The number of rotatable bonds is 8. The highest BCUT2D eigenvalue weighted by Crippen LogP contribution is 2.16. The maximum absolute atomic E-state index is 13.0. The van der Waals surface area contributed by atoms with Gasteiger partial charge in [-0.05, 0) is 56.7 Å². The molecule has 2 aromatic carbocycles. The van der Waals surface area contributed by atoms with Crippen LogP contribution in [0.3, 0.4) is 0 Å². The molecule has 0 bridgehead atoms. The number of sulfonamides is 1. The Morgan fingerprint density at radius 2 is 1.71 bits per heavy atom. The number of anilines is 1. The number of halogens is 1. The van der Waals surface area contributed by atoms with Gasteiger partial charge in [0.2, 0.25) is 15.9 Å². The minimum atomic E-state index is -3.85. The van der Waals surface area contributed by atoms with E-state index in [9.17, 15) is 22.4 Å². The molecule has 3 N–H and O–H groups in total. The molecule has 0 atom stereocenters. The molecule has 0 saturated carbocycles. The Morgan fingerprint density at radius 1 is 1.03 bits per heavy atom. The summed E-state index contributed by atoms with van der Waals surface area (Å²) in [5.41, 5.74) is 0.286. The maximum Gasteiger partial charge on any atom is 0.407 e. The lowest BCUT2D eigenvalue weighted by molar-refractivity contribution is -0.115. The normalized spacial score (nSPS) is 11.6. The third-order valence-electron chi connectivity index (χ3n) is 3.79. The predicted octanol–water partition coefficient (Wildman–Crippen LogP) is 2.81. The standard InChI is InChI=1S/C21H26FN3O5S/c1-21(2,3)30-20(27)23-11-12-24-31(28,29)18-6-4-5-17(14-18)25-19(26)13-15-7-9-16(22)10-8-15/h4-10,14,24H,11-13H2,1-3H3,(H,23,27)(H,25,26). The Labute approximate surface area is 181 Å². The molecule has 0 heterocycles. The number of amides is 2. The van der Waals surface area contributed by atoms with Crippen molar-refractivity contribution in [3.05, 3.63) is 59.9 Å². The van der Waals surface area contributed by atoms with Crippen LogP contribution in [0.25, 0.3) is 0 Å². The number of carbonyl (C=O) groups excluding carboxylic acids is 2. The first-order valence-corrected chi connectivity index (χ1v) is 11.0. The van der Waals surface area contributed by atoms with Crippen LogP contribution in [0.5, 0.6) is 0 Å². The molecule has 2 amide bonds. The molecule has 0 fully saturated rings. The molecule has 8 nitrogen and oxygen atoms in total. The fourth-order valence-corrected chi connectivity index (χ4v) is 3.56. The summed E-state index contributed by atoms with van der Waals surface area (Å²) < 4.78 is 45.3. The Morgan fingerprint density at radius 3 is 2.35 bits per heavy atom. The fourth-order valence-electron chi connectivity index (χ4n) is 2.48. The van der Waals surface area contributed by atoms with Crippen molar-refractivity contribution in [2.45, 2.75) is 37.7 Å². The zero-order valence-electron chi connectivity index (χ0n) is 17.6. The lowest BCUT2D eigenvalue weighted by Gasteiger charge is -2.19. The molecule has 0 aliphatic carbocycles. The molecule has 2 aromatic rings. The predicted molar refractivity (Wildman–Crippen MR) is 115 cm³/mol. The molecule has 2 rings (SSSR count). The minimum Gasteiger partial charge on any atom is -0.444 e. The van der Waals surface area contributed by atoms with Crippen molar-refractivity contribution in [1.29, 1.82) is 0 Å². The first-order chi connectivity index (χ1) is 14.4. The summed E-state index contributed by atoms with van der Waals surface area (Å²) in [5.74, 6) is -0.758. The summed E-state index contributed by atoms with van der Waals surface area (Å²) in [6.45, 7) is 5.17. The first-order valence-electron chi connectivity index (χ1n) is 9.55. The molecule has 0 radical (unpaired) electrons. The smallest absolute Gasteiger partial charge is 0.407 e. The monoisotopic (exact) mass is 451 g/mol. The molecular formula is C21H26FN3O5S. The van der Waals surface area contributed by atoms with Crippen LogP contribution in [-0.4, -0.2) is 39.1 Å². The van der Waals surface area contributed by atoms with E-state index in [1.54, 1.807) is 26.8 Å². The minimum absolute atomic E-state index is 0.0197. The second-order valence-corrected chi connectivity index (χ2v) is 9.47. The summed E-state index contributed by atoms with van der Waals surface area (Å²) in [6, 6.07) is 11.3. The van der Waals surface area contributed by atoms with E-state index in [-0.39, 0.29) is 30.3 Å². The number of ether oxygens (including phenoxy) is 1. The quantitative estimate of drug-likeness (QED) is 0.534. The van der Waals surface area contributed by atoms with Gasteiger partial charge in [-0.25, -0.2) is 22.3 Å². The Balaban J connectivity index is 1.89. The lowest BCUT2D eigenvalue weighted by Crippen LogP contribution is -2.37. The molecule has 31 heavy (non-hydrogen) atoms. The van der Waals surface area contributed by atoms with Gasteiger partial charge in [0, 0.05) is 18.8 Å². The number of hydrogen-bond donors (Lipinski definition) is 3. The highest BCUT2D eigenvalue weighted by Gasteiger charge is 2.17. The first kappa shape index (κ1) is 24.3. The average molecular weight is 452 g/mol. The largest absolute Gasteiger partial charge is 0.444 e. The molecule has 0 aromatic heterocycles. The van der Waals surface area contributed by atoms with Gasteiger partial charge in [0.25, 0.3) is 0 Å². The zero-order valence-corrected chi connectivity index (χ0v) is 18.4. The zero-order chi connectivity index (χ0) is 23.1. The van der Waals surface area contributed by atoms with Gasteiger partial charge < -0.3 is 15.4 Å². The highest BCUT2D eigenvalue weighted by molar-refractivity contribution is 7.89. The van der Waals surface area contributed by atoms with Gasteiger partial charge in [0.15, 0.2) is 0 Å². The van der Waals surface area contributed by atoms with E-state index in [2.05, 4.69) is 15.4 Å². The molecular weight excluding hydrogens is 425 g/mol. The van der Waals surface area contributed by atoms with Crippen molar-refractivity contribution in [2.75, 3.05) is 18.4 Å². The van der Waals surface area contributed by atoms with Crippen molar-refractivity contribution < 1.29 is 27.1 Å². The van der Waals surface area contributed by atoms with Gasteiger partial charge in [-0.15, -0.1) is 0 Å². The topological polar surface area (TPSA) is 114 Å². The van der Waals surface area contributed by atoms with Crippen LogP contribution in [0, 0.1) is 5.82 Å². The van der Waals surface area contributed by atoms with E-state index in [1.807, 2.05) is 0 Å². The number of nitrogens with one attached hydrogen (secondary N) is 3. The van der Waals surface area contributed by atoms with Crippen molar-refractivity contribution in [1.82, 2.24) is 10.0 Å². The van der Waals surface area contributed by atoms with Gasteiger partial charge in [0.1, 0.15) is 11.4 Å². The lowest BCUT2D eigenvalue weighted by atomic mass is 10.1. The van der Waals surface area contributed by atoms with Crippen LogP contribution >= 0.6 is 0 Å². The number of carbonyl (C=O) groups is 2. The van der Waals surface area contributed by atoms with E-state index < -0.39 is 27.5 Å². The Kier molecular flexibility index (Phi) is 8.12. The molecule has 0 aliphatic heterocycles. The van der Waals surface area contributed by atoms with Gasteiger partial charge in [-0.1, -0.05) is 18.2 Å². The Bertz CT molecular complexity index is 1020. The third-order valence-corrected chi connectivity index (χ3v) is 5.25. The summed E-state index contributed by atoms with van der Waals surface area (Å²) in [4.78, 5) is 23.7. The highest BCUT2D eigenvalue weighted by atomic mass is 32.2. The van der Waals surface area contributed by atoms with Crippen LogP contribution < -0.4 is 15.4 Å². The summed E-state index contributed by atoms with van der Waals surface area (Å²) in [6.07, 6.45) is -0.621. The van der Waals surface area contributed by atoms with Gasteiger partial charge in [-0.3, -0.25) is 4.79 Å². The van der Waals surface area contributed by atoms with Crippen LogP contribution in [-0.2, 0) is 26.0 Å². The van der Waals surface area contributed by atoms with Crippen molar-refractivity contribution >= 4 is 27.7 Å². The van der Waals surface area contributed by atoms with Crippen LogP contribution in [0.2, 0.25) is 0 Å². The second-order valence-electron chi connectivity index (χ2n) is 7.71. The number of hydrogen-bond acceptors (Lipinski definition) is 5. The van der Waals surface area contributed by atoms with Crippen LogP contribution in [0.4, 0.5) is 14.9 Å². The van der Waals surface area contributed by atoms with E-state index >= 15 is 0 Å². The van der Waals surface area contributed by atoms with E-state index in [1.165, 1.54) is 42.5 Å². The summed E-state index contributed by atoms with van der Waals surface area (Å²) in [7, 11) is -3.85. The molecule has 10 heteroatoms. The van der Waals surface area contributed by atoms with E-state index in [0.29, 0.717) is 11.3 Å². The number of benzene rings is 2. The molecule has 0 saturated heterocycles. The van der Waals surface area contributed by atoms with Gasteiger partial charge in [-0.2, -0.15) is 0 Å². The molecule has 0 spiro atoms. The maximum atomic E-state index is 13.0. The Hall–Kier alpha value is -2.98. The van der Waals surface area contributed by atoms with Crippen LogP contribution in [0.15, 0.2) is 53.4 Å². The van der Waals surface area contributed by atoms with Crippen molar-refractivity contribution in [3.63, 3.8) is 0 Å². The van der Waals surface area contributed by atoms with Gasteiger partial charge in [0.05, 0.1) is 11.3 Å². The van der Waals surface area contributed by atoms with Crippen molar-refractivity contribution in [3.8, 4) is 0 Å². The third kappa shape index (κ3) is 8.73. The SMILES string of the molecule is CC(C)(C)OC(=O)NCCNS(=O)(=O)c1cccc(NC(=O)Cc2ccc(F)cc2)c1. The number of alkyl carbamates (subject to hydrolysis) is 1. The second kappa shape index (κ2) is 10.4. The molecule has 0 aliphatic rings. The van der Waals surface area contributed by atoms with E-state index in [0.717, 1.165) is 0 Å². The fraction of sp³-hybridized carbons (Fsp3) is 0.333. The summed E-state index contributed by atoms with van der Waals surface area (Å²) >= 11 is 0. The van der Waals surface area contributed by atoms with E-state index in [4.69, 9.17) is 4.74 Å². The molecule has 0 unspecified atom stereocenters. The van der Waals surface area contributed by atoms with Gasteiger partial charge >= 0.3 is 6.09 Å².